The van der Waals surface area contributed by atoms with Crippen LogP contribution in [0.15, 0.2) is 18.2 Å². The molecule has 0 spiro atoms. The molecule has 100 valence electrons. The largest absolute Gasteiger partial charge is 0.481 e. The number of anilines is 1. The van der Waals surface area contributed by atoms with Gasteiger partial charge in [0.05, 0.1) is 17.7 Å². The van der Waals surface area contributed by atoms with E-state index in [1.54, 1.807) is 6.07 Å². The molecule has 1 aromatic carbocycles. The van der Waals surface area contributed by atoms with Crippen molar-refractivity contribution >= 4 is 11.7 Å². The van der Waals surface area contributed by atoms with Crippen LogP contribution in [0.25, 0.3) is 0 Å². The predicted molar refractivity (Wildman–Crippen MR) is 73.0 cm³/mol. The fourth-order valence-electron chi connectivity index (χ4n) is 2.88. The normalized spacial score (nSPS) is 16.8. The second-order valence-corrected chi connectivity index (χ2v) is 5.29. The first kappa shape index (κ1) is 13.4. The van der Waals surface area contributed by atoms with Crippen LogP contribution in [0.5, 0.6) is 0 Å². The summed E-state index contributed by atoms with van der Waals surface area (Å²) in [7, 11) is 0. The molecule has 1 aliphatic carbocycles. The molecule has 0 aliphatic heterocycles. The molecule has 0 saturated heterocycles. The van der Waals surface area contributed by atoms with Crippen LogP contribution < -0.4 is 5.32 Å². The van der Waals surface area contributed by atoms with Gasteiger partial charge >= 0.3 is 5.97 Å². The first-order valence-electron chi connectivity index (χ1n) is 6.56. The third kappa shape index (κ3) is 2.87. The summed E-state index contributed by atoms with van der Waals surface area (Å²) in [5.74, 6) is -0.790. The Morgan fingerprint density at radius 2 is 2.16 bits per heavy atom. The van der Waals surface area contributed by atoms with Crippen molar-refractivity contribution in [1.82, 2.24) is 0 Å². The molecule has 0 bridgehead atoms. The summed E-state index contributed by atoms with van der Waals surface area (Å²) in [6.45, 7) is 1.94. The summed E-state index contributed by atoms with van der Waals surface area (Å²) in [5.41, 5.74) is 1.95. The van der Waals surface area contributed by atoms with E-state index in [0.717, 1.165) is 36.9 Å². The second kappa shape index (κ2) is 5.31. The zero-order valence-electron chi connectivity index (χ0n) is 11.1. The number of hydrogen-bond acceptors (Lipinski definition) is 3. The number of carbonyl (C=O) groups is 1. The Kier molecular flexibility index (Phi) is 3.75. The first-order valence-corrected chi connectivity index (χ1v) is 6.56. The van der Waals surface area contributed by atoms with Crippen molar-refractivity contribution in [2.24, 2.45) is 0 Å². The molecule has 0 radical (unpaired) electrons. The lowest BCUT2D eigenvalue weighted by molar-refractivity contribution is -0.138. The van der Waals surface area contributed by atoms with Crippen molar-refractivity contribution in [2.45, 2.75) is 44.6 Å². The summed E-state index contributed by atoms with van der Waals surface area (Å²) in [4.78, 5) is 11.1. The lowest BCUT2D eigenvalue weighted by Crippen LogP contribution is -2.38. The van der Waals surface area contributed by atoms with Crippen LogP contribution in [0, 0.1) is 18.3 Å². The van der Waals surface area contributed by atoms with E-state index in [0.29, 0.717) is 5.56 Å². The quantitative estimate of drug-likeness (QED) is 0.870. The van der Waals surface area contributed by atoms with Gasteiger partial charge in [0, 0.05) is 5.54 Å². The average molecular weight is 258 g/mol. The lowest BCUT2D eigenvalue weighted by Gasteiger charge is -2.31. The molecule has 0 aromatic heterocycles. The number of nitriles is 1. The average Bonchev–Trinajstić information content (AvgIpc) is 2.79. The number of nitrogens with zero attached hydrogens (tertiary/aromatic N) is 1. The highest BCUT2D eigenvalue weighted by atomic mass is 16.4. The Bertz CT molecular complexity index is 525. The Morgan fingerprint density at radius 3 is 2.74 bits per heavy atom. The molecular weight excluding hydrogens is 240 g/mol. The molecule has 0 atom stereocenters. The van der Waals surface area contributed by atoms with E-state index in [-0.39, 0.29) is 6.42 Å². The standard InChI is InChI=1S/C15H18N2O2/c1-11-5-4-6-12(10-16)14(11)17-15(9-13(18)19)7-2-3-8-15/h4-6,17H,2-3,7-9H2,1H3,(H,18,19). The third-order valence-corrected chi connectivity index (χ3v) is 3.83. The number of carboxylic acids is 1. The molecular formula is C15H18N2O2. The minimum Gasteiger partial charge on any atom is -0.481 e. The first-order chi connectivity index (χ1) is 9.06. The third-order valence-electron chi connectivity index (χ3n) is 3.83. The number of benzene rings is 1. The Morgan fingerprint density at radius 1 is 1.47 bits per heavy atom. The summed E-state index contributed by atoms with van der Waals surface area (Å²) in [6, 6.07) is 7.72. The van der Waals surface area contributed by atoms with E-state index in [9.17, 15) is 10.1 Å². The number of nitrogens with one attached hydrogen (secondary N) is 1. The molecule has 2 rings (SSSR count). The lowest BCUT2D eigenvalue weighted by atomic mass is 9.91. The molecule has 4 heteroatoms. The van der Waals surface area contributed by atoms with Crippen LogP contribution >= 0.6 is 0 Å². The molecule has 19 heavy (non-hydrogen) atoms. The van der Waals surface area contributed by atoms with E-state index in [2.05, 4.69) is 11.4 Å². The molecule has 0 heterocycles. The van der Waals surface area contributed by atoms with E-state index < -0.39 is 11.5 Å². The van der Waals surface area contributed by atoms with Gasteiger partial charge in [0.1, 0.15) is 6.07 Å². The smallest absolute Gasteiger partial charge is 0.305 e. The van der Waals surface area contributed by atoms with Crippen molar-refractivity contribution < 1.29 is 9.90 Å². The molecule has 2 N–H and O–H groups in total. The van der Waals surface area contributed by atoms with E-state index in [4.69, 9.17) is 5.11 Å². The van der Waals surface area contributed by atoms with Crippen molar-refractivity contribution in [2.75, 3.05) is 5.32 Å². The topological polar surface area (TPSA) is 73.1 Å². The highest BCUT2D eigenvalue weighted by molar-refractivity contribution is 5.71. The number of rotatable bonds is 4. The Hall–Kier alpha value is -2.02. The van der Waals surface area contributed by atoms with Gasteiger partial charge in [-0.25, -0.2) is 0 Å². The van der Waals surface area contributed by atoms with Gasteiger partial charge < -0.3 is 10.4 Å². The second-order valence-electron chi connectivity index (χ2n) is 5.29. The van der Waals surface area contributed by atoms with Crippen LogP contribution in [-0.4, -0.2) is 16.6 Å². The number of aryl methyl sites for hydroxylation is 1. The van der Waals surface area contributed by atoms with Gasteiger partial charge in [0.2, 0.25) is 0 Å². The summed E-state index contributed by atoms with van der Waals surface area (Å²) in [5, 5.41) is 21.7. The van der Waals surface area contributed by atoms with Crippen molar-refractivity contribution in [3.8, 4) is 6.07 Å². The fraction of sp³-hybridized carbons (Fsp3) is 0.467. The maximum atomic E-state index is 11.1. The number of carboxylic acid groups (broad SMARTS) is 1. The number of para-hydroxylation sites is 1. The van der Waals surface area contributed by atoms with Crippen molar-refractivity contribution in [1.29, 1.82) is 5.26 Å². The maximum absolute atomic E-state index is 11.1. The number of aliphatic carboxylic acids is 1. The minimum absolute atomic E-state index is 0.103. The molecule has 1 fully saturated rings. The summed E-state index contributed by atoms with van der Waals surface area (Å²) >= 11 is 0. The van der Waals surface area contributed by atoms with Crippen LogP contribution in [0.3, 0.4) is 0 Å². The molecule has 4 nitrogen and oxygen atoms in total. The van der Waals surface area contributed by atoms with Gasteiger partial charge in [-0.3, -0.25) is 4.79 Å². The van der Waals surface area contributed by atoms with Crippen LogP contribution in [-0.2, 0) is 4.79 Å². The molecule has 1 aliphatic rings. The maximum Gasteiger partial charge on any atom is 0.305 e. The van der Waals surface area contributed by atoms with Gasteiger partial charge in [0.15, 0.2) is 0 Å². The SMILES string of the molecule is Cc1cccc(C#N)c1NC1(CC(=O)O)CCCC1. The zero-order chi connectivity index (χ0) is 13.9. The van der Waals surface area contributed by atoms with Crippen molar-refractivity contribution in [3.63, 3.8) is 0 Å². The van der Waals surface area contributed by atoms with Crippen LogP contribution in [0.1, 0.15) is 43.2 Å². The summed E-state index contributed by atoms with van der Waals surface area (Å²) in [6.07, 6.45) is 3.87. The molecule has 1 aromatic rings. The molecule has 0 amide bonds. The molecule has 0 unspecified atom stereocenters. The van der Waals surface area contributed by atoms with Gasteiger partial charge in [-0.2, -0.15) is 5.26 Å². The summed E-state index contributed by atoms with van der Waals surface area (Å²) < 4.78 is 0. The Labute approximate surface area is 113 Å². The Balaban J connectivity index is 2.33. The van der Waals surface area contributed by atoms with E-state index in [1.165, 1.54) is 0 Å². The minimum atomic E-state index is -0.790. The van der Waals surface area contributed by atoms with E-state index in [1.807, 2.05) is 19.1 Å². The van der Waals surface area contributed by atoms with Gasteiger partial charge in [-0.1, -0.05) is 25.0 Å². The van der Waals surface area contributed by atoms with Crippen LogP contribution in [0.4, 0.5) is 5.69 Å². The van der Waals surface area contributed by atoms with Gasteiger partial charge in [-0.15, -0.1) is 0 Å². The highest BCUT2D eigenvalue weighted by Crippen LogP contribution is 2.37. The zero-order valence-corrected chi connectivity index (χ0v) is 11.1. The predicted octanol–water partition coefficient (Wildman–Crippen LogP) is 3.07. The monoisotopic (exact) mass is 258 g/mol. The van der Waals surface area contributed by atoms with Crippen molar-refractivity contribution in [3.05, 3.63) is 29.3 Å². The fourth-order valence-corrected chi connectivity index (χ4v) is 2.88. The molecule has 1 saturated carbocycles. The highest BCUT2D eigenvalue weighted by Gasteiger charge is 2.36. The number of hydrogen-bond donors (Lipinski definition) is 2. The van der Waals surface area contributed by atoms with E-state index >= 15 is 0 Å². The van der Waals surface area contributed by atoms with Gasteiger partial charge in [0.25, 0.3) is 0 Å². The van der Waals surface area contributed by atoms with Crippen LogP contribution in [0.2, 0.25) is 0 Å². The van der Waals surface area contributed by atoms with Gasteiger partial charge in [-0.05, 0) is 31.4 Å².